The van der Waals surface area contributed by atoms with Gasteiger partial charge in [-0.1, -0.05) is 17.3 Å². The van der Waals surface area contributed by atoms with E-state index in [4.69, 9.17) is 9.26 Å². The third-order valence-electron chi connectivity index (χ3n) is 6.35. The molecule has 7 heteroatoms. The second-order valence-corrected chi connectivity index (χ2v) is 8.30. The molecule has 0 N–H and O–H groups in total. The number of halogens is 2. The number of hydrogen-bond donors (Lipinski definition) is 0. The maximum absolute atomic E-state index is 12.8. The third kappa shape index (κ3) is 3.68. The summed E-state index contributed by atoms with van der Waals surface area (Å²) in [5.74, 6) is 1.81. The largest absolute Gasteiger partial charge is 0.434 e. The minimum Gasteiger partial charge on any atom is -0.434 e. The topological polar surface area (TPSA) is 61.6 Å². The predicted molar refractivity (Wildman–Crippen MR) is 99.6 cm³/mol. The van der Waals surface area contributed by atoms with Crippen LogP contribution in [0.3, 0.4) is 0 Å². The summed E-state index contributed by atoms with van der Waals surface area (Å²) in [5, 5.41) is 4.20. The van der Waals surface area contributed by atoms with Crippen LogP contribution < -0.4 is 4.74 Å². The Balaban J connectivity index is 1.40. The summed E-state index contributed by atoms with van der Waals surface area (Å²) < 4.78 is 42.2. The van der Waals surface area contributed by atoms with Gasteiger partial charge in [-0.15, -0.1) is 0 Å². The Morgan fingerprint density at radius 1 is 1.07 bits per heavy atom. The lowest BCUT2D eigenvalue weighted by molar-refractivity contribution is -0.130. The molecule has 5 rings (SSSR count). The van der Waals surface area contributed by atoms with Gasteiger partial charge >= 0.3 is 6.61 Å². The van der Waals surface area contributed by atoms with Crippen molar-refractivity contribution < 1.29 is 27.6 Å². The lowest BCUT2D eigenvalue weighted by atomic mass is 9.86. The van der Waals surface area contributed by atoms with Crippen molar-refractivity contribution in [1.29, 1.82) is 0 Å². The van der Waals surface area contributed by atoms with Gasteiger partial charge in [0, 0.05) is 28.9 Å². The van der Waals surface area contributed by atoms with Gasteiger partial charge in [-0.05, 0) is 50.7 Å². The minimum absolute atomic E-state index is 0.0348. The zero-order valence-corrected chi connectivity index (χ0v) is 16.0. The van der Waals surface area contributed by atoms with Crippen LogP contribution in [0.25, 0.3) is 11.3 Å². The van der Waals surface area contributed by atoms with E-state index in [-0.39, 0.29) is 23.7 Å². The van der Waals surface area contributed by atoms with Crippen molar-refractivity contribution in [3.05, 3.63) is 35.6 Å². The molecule has 3 saturated carbocycles. The Morgan fingerprint density at radius 2 is 1.76 bits per heavy atom. The smallest absolute Gasteiger partial charge is 0.387 e. The molecule has 29 heavy (non-hydrogen) atoms. The molecule has 0 radical (unpaired) electrons. The van der Waals surface area contributed by atoms with E-state index in [1.54, 1.807) is 18.2 Å². The number of nitrogens with zero attached hydrogens (tertiary/aromatic N) is 1. The second-order valence-electron chi connectivity index (χ2n) is 8.30. The van der Waals surface area contributed by atoms with Crippen LogP contribution in [-0.4, -0.2) is 23.7 Å². The first kappa shape index (κ1) is 18.7. The summed E-state index contributed by atoms with van der Waals surface area (Å²) in [6.07, 6.45) is 5.55. The van der Waals surface area contributed by atoms with E-state index < -0.39 is 6.61 Å². The number of ketones is 1. The van der Waals surface area contributed by atoms with Gasteiger partial charge in [0.15, 0.2) is 0 Å². The number of aromatic nitrogens is 1. The van der Waals surface area contributed by atoms with Gasteiger partial charge in [0.25, 0.3) is 0 Å². The molecule has 0 saturated heterocycles. The molecule has 3 fully saturated rings. The molecule has 0 amide bonds. The Morgan fingerprint density at radius 3 is 2.45 bits per heavy atom. The highest BCUT2D eigenvalue weighted by Crippen LogP contribution is 2.46. The Labute approximate surface area is 167 Å². The molecule has 1 aromatic heterocycles. The number of rotatable bonds is 7. The summed E-state index contributed by atoms with van der Waals surface area (Å²) in [6, 6.07) is 6.61. The summed E-state index contributed by atoms with van der Waals surface area (Å²) in [7, 11) is 0. The maximum Gasteiger partial charge on any atom is 0.387 e. The number of alkyl halides is 2. The SMILES string of the molecule is O=C1[C@@H]2CC[C@H]1C[C@H](OCc1c(-c3ccccc3OC(F)F)noc1C1CC1)C2. The summed E-state index contributed by atoms with van der Waals surface area (Å²) >= 11 is 0. The van der Waals surface area contributed by atoms with Crippen LogP contribution in [0, 0.1) is 11.8 Å². The molecule has 3 atom stereocenters. The lowest BCUT2D eigenvalue weighted by Crippen LogP contribution is -2.30. The monoisotopic (exact) mass is 403 g/mol. The number of ether oxygens (including phenoxy) is 2. The maximum atomic E-state index is 12.8. The molecule has 154 valence electrons. The van der Waals surface area contributed by atoms with Crippen molar-refractivity contribution in [3.63, 3.8) is 0 Å². The highest BCUT2D eigenvalue weighted by molar-refractivity contribution is 5.86. The Kier molecular flexibility index (Phi) is 4.86. The van der Waals surface area contributed by atoms with Crippen LogP contribution in [0.2, 0.25) is 0 Å². The molecule has 5 nitrogen and oxygen atoms in total. The highest BCUT2D eigenvalue weighted by Gasteiger charge is 2.42. The van der Waals surface area contributed by atoms with Crippen LogP contribution in [0.1, 0.15) is 55.8 Å². The molecule has 0 unspecified atom stereocenters. The summed E-state index contributed by atoms with van der Waals surface area (Å²) in [6.45, 7) is -2.62. The number of Topliss-reactive ketones (excluding diaryl/α,β-unsaturated/α-hetero) is 1. The summed E-state index contributed by atoms with van der Waals surface area (Å²) in [4.78, 5) is 12.1. The third-order valence-corrected chi connectivity index (χ3v) is 6.35. The number of carbonyl (C=O) groups excluding carboxylic acids is 1. The molecule has 0 spiro atoms. The van der Waals surface area contributed by atoms with E-state index in [0.717, 1.165) is 49.8 Å². The van der Waals surface area contributed by atoms with Crippen molar-refractivity contribution in [2.75, 3.05) is 0 Å². The predicted octanol–water partition coefficient (Wildman–Crippen LogP) is 5.09. The van der Waals surface area contributed by atoms with Gasteiger partial charge in [0.2, 0.25) is 0 Å². The second kappa shape index (κ2) is 7.52. The minimum atomic E-state index is -2.92. The van der Waals surface area contributed by atoms with Gasteiger partial charge in [-0.25, -0.2) is 0 Å². The van der Waals surface area contributed by atoms with Crippen LogP contribution >= 0.6 is 0 Å². The van der Waals surface area contributed by atoms with Gasteiger partial charge < -0.3 is 14.0 Å². The van der Waals surface area contributed by atoms with Gasteiger partial charge in [-0.3, -0.25) is 4.79 Å². The normalized spacial score (nSPS) is 26.3. The quantitative estimate of drug-likeness (QED) is 0.644. The van der Waals surface area contributed by atoms with Gasteiger partial charge in [0.05, 0.1) is 12.7 Å². The molecule has 3 aliphatic rings. The van der Waals surface area contributed by atoms with Crippen molar-refractivity contribution in [2.45, 2.75) is 63.8 Å². The lowest BCUT2D eigenvalue weighted by Gasteiger charge is -2.26. The number of para-hydroxylation sites is 1. The molecule has 3 aliphatic carbocycles. The van der Waals surface area contributed by atoms with Crippen molar-refractivity contribution >= 4 is 5.78 Å². The van der Waals surface area contributed by atoms with E-state index >= 15 is 0 Å². The van der Waals surface area contributed by atoms with Crippen LogP contribution in [-0.2, 0) is 16.1 Å². The average molecular weight is 403 g/mol. The molecular formula is C22H23F2NO4. The van der Waals surface area contributed by atoms with Crippen LogP contribution in [0.5, 0.6) is 5.75 Å². The fourth-order valence-electron chi connectivity index (χ4n) is 4.76. The van der Waals surface area contributed by atoms with Crippen molar-refractivity contribution in [1.82, 2.24) is 5.16 Å². The fourth-order valence-corrected chi connectivity index (χ4v) is 4.76. The van der Waals surface area contributed by atoms with E-state index in [1.165, 1.54) is 6.07 Å². The van der Waals surface area contributed by atoms with E-state index in [2.05, 4.69) is 9.89 Å². The zero-order chi connectivity index (χ0) is 20.0. The molecular weight excluding hydrogens is 380 g/mol. The highest BCUT2D eigenvalue weighted by atomic mass is 19.3. The first-order valence-electron chi connectivity index (χ1n) is 10.3. The van der Waals surface area contributed by atoms with Gasteiger partial charge in [0.1, 0.15) is 23.0 Å². The van der Waals surface area contributed by atoms with E-state index in [9.17, 15) is 13.6 Å². The van der Waals surface area contributed by atoms with Crippen LogP contribution in [0.4, 0.5) is 8.78 Å². The van der Waals surface area contributed by atoms with Crippen molar-refractivity contribution in [2.24, 2.45) is 11.8 Å². The average Bonchev–Trinajstić information content (AvgIpc) is 3.43. The molecule has 0 aliphatic heterocycles. The Bertz CT molecular complexity index is 892. The summed E-state index contributed by atoms with van der Waals surface area (Å²) in [5.41, 5.74) is 1.78. The van der Waals surface area contributed by atoms with Crippen molar-refractivity contribution in [3.8, 4) is 17.0 Å². The molecule has 2 aromatic rings. The van der Waals surface area contributed by atoms with E-state index in [0.29, 0.717) is 29.6 Å². The zero-order valence-electron chi connectivity index (χ0n) is 16.0. The first-order valence-corrected chi connectivity index (χ1v) is 10.3. The number of benzene rings is 1. The van der Waals surface area contributed by atoms with Gasteiger partial charge in [-0.2, -0.15) is 8.78 Å². The number of carbonyl (C=O) groups is 1. The number of hydrogen-bond acceptors (Lipinski definition) is 5. The van der Waals surface area contributed by atoms with Crippen LogP contribution in [0.15, 0.2) is 28.8 Å². The molecule has 1 heterocycles. The standard InChI is InChI=1S/C22H23F2NO4/c23-22(24)28-18-4-2-1-3-16(18)19-17(21(29-25-19)12-5-6-12)11-27-15-9-13-7-8-14(10-15)20(13)26/h1-4,12-15,22H,5-11H2/t13-,14+,15-. The van der Waals surface area contributed by atoms with E-state index in [1.807, 2.05) is 0 Å². The Hall–Kier alpha value is -2.28. The molecule has 1 aromatic carbocycles. The fraction of sp³-hybridized carbons (Fsp3) is 0.545. The molecule has 2 bridgehead atoms. The first-order chi connectivity index (χ1) is 14.1. The number of fused-ring (bicyclic) bond motifs is 2.